The van der Waals surface area contributed by atoms with Crippen LogP contribution in [0.1, 0.15) is 17.7 Å². The second-order valence-electron chi connectivity index (χ2n) is 6.17. The summed E-state index contributed by atoms with van der Waals surface area (Å²) in [6, 6.07) is 8.20. The third-order valence-corrected chi connectivity index (χ3v) is 5.57. The van der Waals surface area contributed by atoms with Crippen LogP contribution in [0.4, 0.5) is 0 Å². The zero-order chi connectivity index (χ0) is 15.6. The lowest BCUT2D eigenvalue weighted by Gasteiger charge is -2.01. The molecule has 0 amide bonds. The van der Waals surface area contributed by atoms with Crippen molar-refractivity contribution >= 4 is 32.6 Å². The van der Waals surface area contributed by atoms with Crippen LogP contribution in [0.5, 0.6) is 0 Å². The molecule has 0 saturated heterocycles. The third kappa shape index (κ3) is 2.06. The van der Waals surface area contributed by atoms with Gasteiger partial charge in [0, 0.05) is 40.7 Å². The molecule has 1 aliphatic rings. The average Bonchev–Trinajstić information content (AvgIpc) is 2.99. The first-order valence-electron chi connectivity index (χ1n) is 7.54. The maximum Gasteiger partial charge on any atom is 0.181 e. The van der Waals surface area contributed by atoms with E-state index in [4.69, 9.17) is 4.98 Å². The molecule has 1 N–H and O–H groups in total. The van der Waals surface area contributed by atoms with Crippen LogP contribution in [0.25, 0.3) is 32.5 Å². The summed E-state index contributed by atoms with van der Waals surface area (Å²) in [5, 5.41) is 16.7. The van der Waals surface area contributed by atoms with Gasteiger partial charge in [-0.1, -0.05) is 0 Å². The summed E-state index contributed by atoms with van der Waals surface area (Å²) >= 11 is 1.59. The fourth-order valence-electron chi connectivity index (χ4n) is 2.85. The first-order chi connectivity index (χ1) is 11.1. The first kappa shape index (κ1) is 13.2. The molecule has 0 unspecified atom stereocenters. The minimum atomic E-state index is -0.596. The third-order valence-electron chi connectivity index (χ3n) is 4.33. The highest BCUT2D eigenvalue weighted by Gasteiger charge is 2.43. The van der Waals surface area contributed by atoms with Crippen molar-refractivity contribution in [2.75, 3.05) is 0 Å². The Morgan fingerprint density at radius 3 is 2.91 bits per heavy atom. The molecule has 4 aromatic rings. The van der Waals surface area contributed by atoms with E-state index in [2.05, 4.69) is 28.3 Å². The van der Waals surface area contributed by atoms with Gasteiger partial charge in [-0.2, -0.15) is 5.10 Å². The number of hydrogen-bond donors (Lipinski definition) is 1. The monoisotopic (exact) mass is 322 g/mol. The quantitative estimate of drug-likeness (QED) is 0.615. The maximum absolute atomic E-state index is 10.3. The molecule has 4 heterocycles. The van der Waals surface area contributed by atoms with Crippen molar-refractivity contribution in [3.8, 4) is 11.3 Å². The van der Waals surface area contributed by atoms with E-state index in [1.165, 1.54) is 0 Å². The summed E-state index contributed by atoms with van der Waals surface area (Å²) in [6.45, 7) is 0. The Labute approximate surface area is 136 Å². The number of fused-ring (bicyclic) bond motifs is 2. The molecule has 1 fully saturated rings. The minimum absolute atomic E-state index is 0.596. The van der Waals surface area contributed by atoms with Gasteiger partial charge in [-0.15, -0.1) is 11.3 Å². The largest absolute Gasteiger partial charge is 0.384 e. The fraction of sp³-hybridized carbons (Fsp3) is 0.235. The molecule has 0 aromatic carbocycles. The van der Waals surface area contributed by atoms with Crippen molar-refractivity contribution in [2.45, 2.75) is 18.4 Å². The van der Waals surface area contributed by atoms with Gasteiger partial charge in [-0.05, 0) is 37.1 Å². The van der Waals surface area contributed by atoms with Crippen LogP contribution in [0.15, 0.2) is 36.7 Å². The van der Waals surface area contributed by atoms with E-state index >= 15 is 0 Å². The molecule has 0 spiro atoms. The number of pyridine rings is 2. The highest BCUT2D eigenvalue weighted by molar-refractivity contribution is 7.18. The van der Waals surface area contributed by atoms with E-state index in [1.54, 1.807) is 16.0 Å². The van der Waals surface area contributed by atoms with Gasteiger partial charge in [0.25, 0.3) is 0 Å². The molecule has 1 aliphatic carbocycles. The van der Waals surface area contributed by atoms with E-state index in [0.29, 0.717) is 0 Å². The molecule has 23 heavy (non-hydrogen) atoms. The summed E-state index contributed by atoms with van der Waals surface area (Å²) in [7, 11) is 1.89. The lowest BCUT2D eigenvalue weighted by molar-refractivity contribution is 0.155. The highest BCUT2D eigenvalue weighted by Crippen LogP contribution is 2.49. The molecule has 6 heteroatoms. The van der Waals surface area contributed by atoms with Crippen LogP contribution < -0.4 is 0 Å². The van der Waals surface area contributed by atoms with Crippen molar-refractivity contribution in [1.29, 1.82) is 0 Å². The Morgan fingerprint density at radius 2 is 2.09 bits per heavy atom. The van der Waals surface area contributed by atoms with Crippen LogP contribution in [-0.2, 0) is 12.6 Å². The fourth-order valence-corrected chi connectivity index (χ4v) is 4.02. The van der Waals surface area contributed by atoms with Gasteiger partial charge in [0.1, 0.15) is 4.83 Å². The molecule has 114 valence electrons. The molecule has 0 aliphatic heterocycles. The van der Waals surface area contributed by atoms with Crippen LogP contribution in [0.3, 0.4) is 0 Å². The number of aliphatic hydroxyl groups is 1. The van der Waals surface area contributed by atoms with Crippen molar-refractivity contribution in [2.24, 2.45) is 7.05 Å². The standard InChI is InChI=1S/C17H14N4OS/c1-21-9-12-6-11(8-18-15(12)20-21)13-3-2-10-7-14(17(22)4-5-17)23-16(10)19-13/h2-3,6-9,22H,4-5H2,1H3. The Morgan fingerprint density at radius 1 is 1.22 bits per heavy atom. The minimum Gasteiger partial charge on any atom is -0.384 e. The number of rotatable bonds is 2. The number of aromatic nitrogens is 4. The lowest BCUT2D eigenvalue weighted by Crippen LogP contribution is -1.99. The number of aryl methyl sites for hydroxylation is 1. The van der Waals surface area contributed by atoms with Crippen LogP contribution >= 0.6 is 11.3 Å². The smallest absolute Gasteiger partial charge is 0.181 e. The summed E-state index contributed by atoms with van der Waals surface area (Å²) in [6.07, 6.45) is 5.48. The van der Waals surface area contributed by atoms with Gasteiger partial charge in [0.15, 0.2) is 5.65 Å². The van der Waals surface area contributed by atoms with E-state index < -0.39 is 5.60 Å². The Balaban J connectivity index is 1.63. The Kier molecular flexibility index (Phi) is 2.50. The Bertz CT molecular complexity index is 1060. The van der Waals surface area contributed by atoms with Gasteiger partial charge in [-0.25, -0.2) is 9.97 Å². The van der Waals surface area contributed by atoms with Crippen molar-refractivity contribution in [3.05, 3.63) is 41.5 Å². The zero-order valence-corrected chi connectivity index (χ0v) is 13.3. The predicted molar refractivity (Wildman–Crippen MR) is 90.3 cm³/mol. The molecule has 1 saturated carbocycles. The van der Waals surface area contributed by atoms with Gasteiger partial charge in [0.2, 0.25) is 0 Å². The SMILES string of the molecule is Cn1cc2cc(-c3ccc4cc(C5(O)CC5)sc4n3)cnc2n1. The normalized spacial score (nSPS) is 16.3. The number of nitrogens with zero attached hydrogens (tertiary/aromatic N) is 4. The lowest BCUT2D eigenvalue weighted by atomic mass is 10.1. The molecule has 5 rings (SSSR count). The molecule has 4 aromatic heterocycles. The van der Waals surface area contributed by atoms with Crippen LogP contribution in [0, 0.1) is 0 Å². The van der Waals surface area contributed by atoms with Gasteiger partial charge in [-0.3, -0.25) is 4.68 Å². The summed E-state index contributed by atoms with van der Waals surface area (Å²) in [4.78, 5) is 11.2. The van der Waals surface area contributed by atoms with Crippen molar-refractivity contribution < 1.29 is 5.11 Å². The van der Waals surface area contributed by atoms with Crippen LogP contribution in [-0.4, -0.2) is 24.9 Å². The van der Waals surface area contributed by atoms with Crippen LogP contribution in [0.2, 0.25) is 0 Å². The van der Waals surface area contributed by atoms with Crippen molar-refractivity contribution in [3.63, 3.8) is 0 Å². The molecule has 0 radical (unpaired) electrons. The first-order valence-corrected chi connectivity index (χ1v) is 8.36. The zero-order valence-electron chi connectivity index (χ0n) is 12.5. The van der Waals surface area contributed by atoms with E-state index in [0.717, 1.165) is 50.2 Å². The average molecular weight is 322 g/mol. The summed E-state index contributed by atoms with van der Waals surface area (Å²) in [5.74, 6) is 0. The summed E-state index contributed by atoms with van der Waals surface area (Å²) in [5.41, 5.74) is 2.02. The molecular weight excluding hydrogens is 308 g/mol. The molecule has 0 bridgehead atoms. The van der Waals surface area contributed by atoms with E-state index in [1.807, 2.05) is 25.5 Å². The van der Waals surface area contributed by atoms with Crippen molar-refractivity contribution in [1.82, 2.24) is 19.7 Å². The second kappa shape index (κ2) is 4.37. The highest BCUT2D eigenvalue weighted by atomic mass is 32.1. The Hall–Kier alpha value is -2.31. The van der Waals surface area contributed by atoms with Gasteiger partial charge >= 0.3 is 0 Å². The van der Waals surface area contributed by atoms with E-state index in [9.17, 15) is 5.11 Å². The molecular formula is C17H14N4OS. The molecule has 0 atom stereocenters. The number of hydrogen-bond acceptors (Lipinski definition) is 5. The predicted octanol–water partition coefficient (Wildman–Crippen LogP) is 3.23. The molecule has 5 nitrogen and oxygen atoms in total. The van der Waals surface area contributed by atoms with Gasteiger partial charge in [0.05, 0.1) is 11.3 Å². The topological polar surface area (TPSA) is 63.8 Å². The number of thiophene rings is 1. The summed E-state index contributed by atoms with van der Waals surface area (Å²) < 4.78 is 1.76. The van der Waals surface area contributed by atoms with E-state index in [-0.39, 0.29) is 0 Å². The van der Waals surface area contributed by atoms with Gasteiger partial charge < -0.3 is 5.11 Å². The second-order valence-corrected chi connectivity index (χ2v) is 7.20. The maximum atomic E-state index is 10.3.